The topological polar surface area (TPSA) is 108 Å². The molecule has 0 radical (unpaired) electrons. The van der Waals surface area contributed by atoms with Crippen LogP contribution in [0, 0.1) is 10.1 Å². The Bertz CT molecular complexity index is 775. The second kappa shape index (κ2) is 8.25. The maximum Gasteiger partial charge on any atom is 0.311 e. The van der Waals surface area contributed by atoms with Gasteiger partial charge >= 0.3 is 5.97 Å². The van der Waals surface area contributed by atoms with Crippen molar-refractivity contribution in [2.24, 2.45) is 0 Å². The molecule has 0 saturated carbocycles. The first kappa shape index (κ1) is 18.4. The molecule has 1 N–H and O–H groups in total. The van der Waals surface area contributed by atoms with Crippen LogP contribution in [0.1, 0.15) is 11.8 Å². The normalized spacial score (nSPS) is 11.4. The standard InChI is InChI=1S/C16H16N2O6S/c1-10(24-15(19)9-12-4-3-7-25-12)16(20)17-13-8-11(18(21)22)5-6-14(13)23-2/h3-8,10H,9H2,1-2H3,(H,17,20)/t10-/m1/s1. The fraction of sp³-hybridized carbons (Fsp3) is 0.250. The van der Waals surface area contributed by atoms with Crippen LogP contribution in [0.25, 0.3) is 0 Å². The Labute approximate surface area is 147 Å². The highest BCUT2D eigenvalue weighted by atomic mass is 32.1. The molecule has 1 aromatic heterocycles. The van der Waals surface area contributed by atoms with Crippen LogP contribution in [0.2, 0.25) is 0 Å². The van der Waals surface area contributed by atoms with Gasteiger partial charge in [-0.15, -0.1) is 11.3 Å². The first-order valence-electron chi connectivity index (χ1n) is 7.26. The Hall–Kier alpha value is -2.94. The number of methoxy groups -OCH3 is 1. The van der Waals surface area contributed by atoms with Crippen LogP contribution < -0.4 is 10.1 Å². The van der Waals surface area contributed by atoms with Crippen molar-refractivity contribution < 1.29 is 24.0 Å². The predicted octanol–water partition coefficient (Wildman–Crippen LogP) is 2.78. The highest BCUT2D eigenvalue weighted by molar-refractivity contribution is 7.10. The van der Waals surface area contributed by atoms with Crippen molar-refractivity contribution in [2.45, 2.75) is 19.4 Å². The Kier molecular flexibility index (Phi) is 6.07. The van der Waals surface area contributed by atoms with Crippen LogP contribution in [0.3, 0.4) is 0 Å². The number of thiophene rings is 1. The fourth-order valence-electron chi connectivity index (χ4n) is 1.99. The number of non-ortho nitro benzene ring substituents is 1. The Morgan fingerprint density at radius 3 is 2.72 bits per heavy atom. The summed E-state index contributed by atoms with van der Waals surface area (Å²) < 4.78 is 10.2. The molecule has 1 aromatic carbocycles. The first-order chi connectivity index (χ1) is 11.9. The summed E-state index contributed by atoms with van der Waals surface area (Å²) in [6, 6.07) is 7.43. The molecule has 9 heteroatoms. The summed E-state index contributed by atoms with van der Waals surface area (Å²) in [4.78, 5) is 35.1. The molecule has 2 aromatic rings. The van der Waals surface area contributed by atoms with Crippen LogP contribution in [-0.2, 0) is 20.7 Å². The molecule has 1 amide bonds. The van der Waals surface area contributed by atoms with E-state index in [0.29, 0.717) is 0 Å². The lowest BCUT2D eigenvalue weighted by atomic mass is 10.2. The number of rotatable bonds is 7. The average molecular weight is 364 g/mol. The molecule has 2 rings (SSSR count). The number of amides is 1. The highest BCUT2D eigenvalue weighted by Crippen LogP contribution is 2.29. The van der Waals surface area contributed by atoms with Crippen molar-refractivity contribution in [2.75, 3.05) is 12.4 Å². The van der Waals surface area contributed by atoms with Gasteiger partial charge in [0.1, 0.15) is 5.75 Å². The van der Waals surface area contributed by atoms with E-state index < -0.39 is 22.9 Å². The summed E-state index contributed by atoms with van der Waals surface area (Å²) in [5, 5.41) is 15.2. The zero-order valence-corrected chi connectivity index (χ0v) is 14.4. The van der Waals surface area contributed by atoms with Gasteiger partial charge in [0.2, 0.25) is 0 Å². The molecule has 0 fully saturated rings. The fourth-order valence-corrected chi connectivity index (χ4v) is 2.68. The minimum atomic E-state index is -1.06. The second-order valence-electron chi connectivity index (χ2n) is 5.02. The smallest absolute Gasteiger partial charge is 0.311 e. The SMILES string of the molecule is COc1ccc([N+](=O)[O-])cc1NC(=O)[C@@H](C)OC(=O)Cc1cccs1. The van der Waals surface area contributed by atoms with Crippen LogP contribution >= 0.6 is 11.3 Å². The zero-order valence-electron chi connectivity index (χ0n) is 13.6. The first-order valence-corrected chi connectivity index (χ1v) is 8.14. The van der Waals surface area contributed by atoms with Crippen LogP contribution in [0.5, 0.6) is 5.75 Å². The maximum atomic E-state index is 12.2. The van der Waals surface area contributed by atoms with E-state index in [-0.39, 0.29) is 23.5 Å². The molecule has 8 nitrogen and oxygen atoms in total. The molecule has 0 spiro atoms. The molecule has 0 bridgehead atoms. The van der Waals surface area contributed by atoms with Gasteiger partial charge in [0.05, 0.1) is 24.1 Å². The number of hydrogen-bond acceptors (Lipinski definition) is 7. The lowest BCUT2D eigenvalue weighted by Gasteiger charge is -2.15. The second-order valence-corrected chi connectivity index (χ2v) is 6.05. The number of nitro benzene ring substituents is 1. The number of ether oxygens (including phenoxy) is 2. The van der Waals surface area contributed by atoms with Gasteiger partial charge in [-0.25, -0.2) is 0 Å². The van der Waals surface area contributed by atoms with E-state index in [1.807, 2.05) is 11.4 Å². The van der Waals surface area contributed by atoms with Crippen LogP contribution in [-0.4, -0.2) is 30.0 Å². The van der Waals surface area contributed by atoms with E-state index in [2.05, 4.69) is 5.32 Å². The number of carbonyl (C=O) groups is 2. The van der Waals surface area contributed by atoms with Crippen LogP contribution in [0.4, 0.5) is 11.4 Å². The summed E-state index contributed by atoms with van der Waals surface area (Å²) in [6.45, 7) is 1.42. The van der Waals surface area contributed by atoms with Gasteiger partial charge in [-0.1, -0.05) is 6.07 Å². The third-order valence-corrected chi connectivity index (χ3v) is 4.10. The average Bonchev–Trinajstić information content (AvgIpc) is 3.07. The molecular weight excluding hydrogens is 348 g/mol. The number of nitro groups is 1. The monoisotopic (exact) mass is 364 g/mol. The number of carbonyl (C=O) groups excluding carboxylic acids is 2. The van der Waals surface area contributed by atoms with Gasteiger partial charge in [-0.2, -0.15) is 0 Å². The Morgan fingerprint density at radius 2 is 2.12 bits per heavy atom. The van der Waals surface area contributed by atoms with Gasteiger partial charge in [0.25, 0.3) is 11.6 Å². The molecule has 132 valence electrons. The summed E-state index contributed by atoms with van der Waals surface area (Å²) >= 11 is 1.42. The van der Waals surface area contributed by atoms with Crippen molar-refractivity contribution >= 4 is 34.6 Å². The molecular formula is C16H16N2O6S. The van der Waals surface area contributed by atoms with Crippen molar-refractivity contribution in [1.82, 2.24) is 0 Å². The van der Waals surface area contributed by atoms with E-state index in [1.165, 1.54) is 43.6 Å². The Morgan fingerprint density at radius 1 is 1.36 bits per heavy atom. The molecule has 0 aliphatic carbocycles. The molecule has 0 saturated heterocycles. The van der Waals surface area contributed by atoms with Crippen molar-refractivity contribution in [3.63, 3.8) is 0 Å². The molecule has 0 aliphatic heterocycles. The molecule has 0 unspecified atom stereocenters. The summed E-state index contributed by atoms with van der Waals surface area (Å²) in [6.07, 6.45) is -0.980. The van der Waals surface area contributed by atoms with Crippen molar-refractivity contribution in [1.29, 1.82) is 0 Å². The minimum Gasteiger partial charge on any atom is -0.495 e. The van der Waals surface area contributed by atoms with Crippen molar-refractivity contribution in [3.8, 4) is 5.75 Å². The van der Waals surface area contributed by atoms with E-state index >= 15 is 0 Å². The third-order valence-electron chi connectivity index (χ3n) is 3.23. The third kappa shape index (κ3) is 5.01. The predicted molar refractivity (Wildman–Crippen MR) is 91.9 cm³/mol. The summed E-state index contributed by atoms with van der Waals surface area (Å²) in [5.41, 5.74) is -0.0682. The molecule has 1 heterocycles. The molecule has 0 aliphatic rings. The zero-order chi connectivity index (χ0) is 18.4. The van der Waals surface area contributed by atoms with Crippen molar-refractivity contribution in [3.05, 3.63) is 50.7 Å². The number of hydrogen-bond donors (Lipinski definition) is 1. The minimum absolute atomic E-state index is 0.0788. The number of anilines is 1. The maximum absolute atomic E-state index is 12.2. The van der Waals surface area contributed by atoms with E-state index in [0.717, 1.165) is 4.88 Å². The Balaban J connectivity index is 2.01. The summed E-state index contributed by atoms with van der Waals surface area (Å²) in [5.74, 6) is -0.884. The van der Waals surface area contributed by atoms with Gasteiger partial charge < -0.3 is 14.8 Å². The van der Waals surface area contributed by atoms with Gasteiger partial charge in [0.15, 0.2) is 6.10 Å². The lowest BCUT2D eigenvalue weighted by molar-refractivity contribution is -0.384. The van der Waals surface area contributed by atoms with E-state index in [1.54, 1.807) is 6.07 Å². The van der Waals surface area contributed by atoms with Gasteiger partial charge in [0, 0.05) is 17.0 Å². The molecule has 1 atom stereocenters. The highest BCUT2D eigenvalue weighted by Gasteiger charge is 2.21. The number of esters is 1. The number of benzene rings is 1. The van der Waals surface area contributed by atoms with Gasteiger partial charge in [-0.3, -0.25) is 19.7 Å². The summed E-state index contributed by atoms with van der Waals surface area (Å²) in [7, 11) is 1.38. The van der Waals surface area contributed by atoms with Gasteiger partial charge in [-0.05, 0) is 24.4 Å². The van der Waals surface area contributed by atoms with Crippen LogP contribution in [0.15, 0.2) is 35.7 Å². The largest absolute Gasteiger partial charge is 0.495 e. The molecule has 25 heavy (non-hydrogen) atoms. The van der Waals surface area contributed by atoms with E-state index in [4.69, 9.17) is 9.47 Å². The lowest BCUT2D eigenvalue weighted by Crippen LogP contribution is -2.30. The number of nitrogens with one attached hydrogen (secondary N) is 1. The van der Waals surface area contributed by atoms with E-state index in [9.17, 15) is 19.7 Å². The quantitative estimate of drug-likeness (QED) is 0.460. The number of nitrogens with zero attached hydrogens (tertiary/aromatic N) is 1.